The van der Waals surface area contributed by atoms with Gasteiger partial charge in [0.25, 0.3) is 0 Å². The molecule has 2 aromatic heterocycles. The molecule has 2 N–H and O–H groups in total. The second-order valence-electron chi connectivity index (χ2n) is 7.54. The summed E-state index contributed by atoms with van der Waals surface area (Å²) < 4.78 is 0. The number of hydrogen-bond acceptors (Lipinski definition) is 5. The van der Waals surface area contributed by atoms with Crippen molar-refractivity contribution in [3.63, 3.8) is 0 Å². The van der Waals surface area contributed by atoms with Crippen molar-refractivity contribution in [3.8, 4) is 0 Å². The fourth-order valence-corrected chi connectivity index (χ4v) is 5.66. The molecule has 2 aliphatic rings. The molecule has 2 aromatic rings. The van der Waals surface area contributed by atoms with Crippen LogP contribution in [0.2, 0.25) is 0 Å². The van der Waals surface area contributed by atoms with Crippen LogP contribution in [0.1, 0.15) is 29.7 Å². The Kier molecular flexibility index (Phi) is 8.82. The van der Waals surface area contributed by atoms with Crippen LogP contribution in [0.25, 0.3) is 0 Å². The molecule has 1 saturated heterocycles. The van der Waals surface area contributed by atoms with Crippen molar-refractivity contribution < 1.29 is 4.79 Å². The van der Waals surface area contributed by atoms with Gasteiger partial charge in [0.15, 0.2) is 5.96 Å². The van der Waals surface area contributed by atoms with Crippen LogP contribution in [0.15, 0.2) is 34.0 Å². The predicted octanol–water partition coefficient (Wildman–Crippen LogP) is 3.54. The van der Waals surface area contributed by atoms with E-state index < -0.39 is 0 Å². The fraction of sp³-hybridized carbons (Fsp3) is 0.524. The Morgan fingerprint density at radius 2 is 2.03 bits per heavy atom. The number of nitrogens with zero attached hydrogens (tertiary/aromatic N) is 3. The first-order chi connectivity index (χ1) is 14.2. The van der Waals surface area contributed by atoms with Crippen LogP contribution in [0.5, 0.6) is 0 Å². The van der Waals surface area contributed by atoms with Gasteiger partial charge in [-0.3, -0.25) is 9.79 Å². The number of rotatable bonds is 5. The number of thiophene rings is 2. The molecule has 2 aliphatic heterocycles. The van der Waals surface area contributed by atoms with E-state index in [9.17, 15) is 4.79 Å². The second-order valence-corrected chi connectivity index (χ2v) is 9.47. The molecule has 0 spiro atoms. The Morgan fingerprint density at radius 1 is 1.20 bits per heavy atom. The molecule has 1 fully saturated rings. The highest BCUT2D eigenvalue weighted by molar-refractivity contribution is 14.0. The van der Waals surface area contributed by atoms with Gasteiger partial charge in [-0.15, -0.1) is 46.7 Å². The summed E-state index contributed by atoms with van der Waals surface area (Å²) in [5.74, 6) is 1.01. The molecule has 0 aliphatic carbocycles. The van der Waals surface area contributed by atoms with Crippen molar-refractivity contribution in [3.05, 3.63) is 39.4 Å². The Hall–Kier alpha value is -1.33. The number of amides is 1. The quantitative estimate of drug-likeness (QED) is 0.335. The predicted molar refractivity (Wildman–Crippen MR) is 138 cm³/mol. The van der Waals surface area contributed by atoms with Gasteiger partial charge in [-0.1, -0.05) is 0 Å². The first-order valence-electron chi connectivity index (χ1n) is 10.3. The SMILES string of the molecule is CN=C(NCCC(=O)N1CCc2sccc2C1)NC1CCN(c2cccs2)CC1.I. The lowest BCUT2D eigenvalue weighted by Gasteiger charge is -2.33. The minimum atomic E-state index is 0. The first kappa shape index (κ1) is 23.3. The molecule has 4 rings (SSSR count). The summed E-state index contributed by atoms with van der Waals surface area (Å²) >= 11 is 3.61. The van der Waals surface area contributed by atoms with Crippen LogP contribution in [-0.2, 0) is 17.8 Å². The minimum Gasteiger partial charge on any atom is -0.363 e. The first-order valence-corrected chi connectivity index (χ1v) is 12.1. The molecule has 0 aromatic carbocycles. The van der Waals surface area contributed by atoms with Gasteiger partial charge in [0.2, 0.25) is 5.91 Å². The van der Waals surface area contributed by atoms with E-state index in [1.807, 2.05) is 4.90 Å². The van der Waals surface area contributed by atoms with Gasteiger partial charge < -0.3 is 20.4 Å². The third-order valence-corrected chi connectivity index (χ3v) is 7.62. The van der Waals surface area contributed by atoms with E-state index in [-0.39, 0.29) is 29.9 Å². The van der Waals surface area contributed by atoms with Crippen molar-refractivity contribution in [2.24, 2.45) is 4.99 Å². The van der Waals surface area contributed by atoms with Crippen LogP contribution >= 0.6 is 46.7 Å². The van der Waals surface area contributed by atoms with Crippen molar-refractivity contribution in [2.75, 3.05) is 38.1 Å². The van der Waals surface area contributed by atoms with Gasteiger partial charge in [0.05, 0.1) is 5.00 Å². The molecule has 0 atom stereocenters. The molecule has 1 amide bonds. The minimum absolute atomic E-state index is 0. The van der Waals surface area contributed by atoms with Gasteiger partial charge in [0, 0.05) is 57.1 Å². The van der Waals surface area contributed by atoms with Crippen LogP contribution in [0.4, 0.5) is 5.00 Å². The molecule has 9 heteroatoms. The average molecular weight is 560 g/mol. The third kappa shape index (κ3) is 5.88. The zero-order valence-electron chi connectivity index (χ0n) is 17.3. The van der Waals surface area contributed by atoms with E-state index in [2.05, 4.69) is 49.5 Å². The smallest absolute Gasteiger partial charge is 0.224 e. The van der Waals surface area contributed by atoms with Crippen LogP contribution in [-0.4, -0.2) is 56.0 Å². The van der Waals surface area contributed by atoms with Crippen molar-refractivity contribution in [1.29, 1.82) is 0 Å². The molecular formula is C21H30IN5OS2. The average Bonchev–Trinajstić information content (AvgIpc) is 3.44. The van der Waals surface area contributed by atoms with Crippen LogP contribution < -0.4 is 15.5 Å². The topological polar surface area (TPSA) is 60.0 Å². The Bertz CT molecular complexity index is 830. The van der Waals surface area contributed by atoms with Gasteiger partial charge in [-0.2, -0.15) is 0 Å². The number of nitrogens with one attached hydrogen (secondary N) is 2. The maximum absolute atomic E-state index is 12.6. The molecular weight excluding hydrogens is 529 g/mol. The maximum atomic E-state index is 12.6. The summed E-state index contributed by atoms with van der Waals surface area (Å²) in [7, 11) is 1.79. The number of fused-ring (bicyclic) bond motifs is 1. The van der Waals surface area contributed by atoms with Crippen molar-refractivity contribution in [1.82, 2.24) is 15.5 Å². The summed E-state index contributed by atoms with van der Waals surface area (Å²) in [6.45, 7) is 4.33. The Labute approximate surface area is 203 Å². The highest BCUT2D eigenvalue weighted by Crippen LogP contribution is 2.25. The third-order valence-electron chi connectivity index (χ3n) is 5.67. The zero-order chi connectivity index (χ0) is 20.1. The van der Waals surface area contributed by atoms with Gasteiger partial charge in [0.1, 0.15) is 0 Å². The van der Waals surface area contributed by atoms with Crippen molar-refractivity contribution >= 4 is 63.5 Å². The number of halogens is 1. The lowest BCUT2D eigenvalue weighted by atomic mass is 10.1. The number of aliphatic imine (C=N–C) groups is 1. The number of hydrogen-bond donors (Lipinski definition) is 2. The summed E-state index contributed by atoms with van der Waals surface area (Å²) in [5, 5.41) is 12.5. The summed E-state index contributed by atoms with van der Waals surface area (Å²) in [6.07, 6.45) is 3.67. The van der Waals surface area contributed by atoms with Gasteiger partial charge in [-0.25, -0.2) is 0 Å². The summed E-state index contributed by atoms with van der Waals surface area (Å²) in [4.78, 5) is 22.8. The molecule has 6 nitrogen and oxygen atoms in total. The Balaban J connectivity index is 0.00000256. The highest BCUT2D eigenvalue weighted by Gasteiger charge is 2.22. The lowest BCUT2D eigenvalue weighted by Crippen LogP contribution is -2.49. The molecule has 0 saturated carbocycles. The molecule has 30 heavy (non-hydrogen) atoms. The molecule has 0 bridgehead atoms. The van der Waals surface area contributed by atoms with Crippen LogP contribution in [0.3, 0.4) is 0 Å². The highest BCUT2D eigenvalue weighted by atomic mass is 127. The van der Waals surface area contributed by atoms with Gasteiger partial charge >= 0.3 is 0 Å². The number of guanidine groups is 1. The Morgan fingerprint density at radius 3 is 2.77 bits per heavy atom. The van der Waals surface area contributed by atoms with Gasteiger partial charge in [-0.05, 0) is 53.8 Å². The molecule has 4 heterocycles. The van der Waals surface area contributed by atoms with E-state index in [0.717, 1.165) is 51.4 Å². The lowest BCUT2D eigenvalue weighted by molar-refractivity contribution is -0.131. The largest absolute Gasteiger partial charge is 0.363 e. The van der Waals surface area contributed by atoms with E-state index in [0.29, 0.717) is 19.0 Å². The normalized spacial score (nSPS) is 17.3. The monoisotopic (exact) mass is 559 g/mol. The van der Waals surface area contributed by atoms with E-state index >= 15 is 0 Å². The number of carbonyl (C=O) groups is 1. The summed E-state index contributed by atoms with van der Waals surface area (Å²) in [5.41, 5.74) is 1.31. The maximum Gasteiger partial charge on any atom is 0.224 e. The summed E-state index contributed by atoms with van der Waals surface area (Å²) in [6, 6.07) is 6.87. The van der Waals surface area contributed by atoms with Crippen molar-refractivity contribution in [2.45, 2.75) is 38.3 Å². The molecule has 164 valence electrons. The number of anilines is 1. The molecule has 0 unspecified atom stereocenters. The second kappa shape index (κ2) is 11.3. The zero-order valence-corrected chi connectivity index (χ0v) is 21.3. The van der Waals surface area contributed by atoms with E-state index in [1.54, 1.807) is 29.7 Å². The number of piperidine rings is 1. The fourth-order valence-electron chi connectivity index (χ4n) is 3.99. The standard InChI is InChI=1S/C21H29N5OS2.HI/c1-22-21(24-17-5-10-25(11-6-17)20-3-2-13-29-20)23-9-4-19(27)26-12-7-18-16(15-26)8-14-28-18;/h2-3,8,13-14,17H,4-7,9-12,15H2,1H3,(H2,22,23,24);1H. The van der Waals surface area contributed by atoms with Crippen LogP contribution in [0, 0.1) is 0 Å². The molecule has 0 radical (unpaired) electrons. The number of carbonyl (C=O) groups excluding carboxylic acids is 1. The van der Waals surface area contributed by atoms with E-state index in [4.69, 9.17) is 0 Å². The van der Waals surface area contributed by atoms with E-state index in [1.165, 1.54) is 15.4 Å².